The average Bonchev–Trinajstić information content (AvgIpc) is 2.82. The number of aryl methyl sites for hydroxylation is 1. The molecule has 0 unspecified atom stereocenters. The Kier molecular flexibility index (Phi) is 6.28. The maximum Gasteiger partial charge on any atom is 0.293 e. The molecule has 4 rings (SSSR count). The number of primary amides is 1. The molecule has 0 atom stereocenters. The van der Waals surface area contributed by atoms with Gasteiger partial charge in [-0.15, -0.1) is 0 Å². The first-order valence-electron chi connectivity index (χ1n) is 10.5. The minimum atomic E-state index is -0.912. The minimum Gasteiger partial charge on any atom is -0.398 e. The maximum atomic E-state index is 14.8. The van der Waals surface area contributed by atoms with E-state index in [9.17, 15) is 18.8 Å². The highest BCUT2D eigenvalue weighted by Crippen LogP contribution is 2.25. The number of morpholine rings is 1. The summed E-state index contributed by atoms with van der Waals surface area (Å²) in [6.45, 7) is 1.91. The Bertz CT molecular complexity index is 1330. The number of aromatic nitrogens is 2. The van der Waals surface area contributed by atoms with Crippen LogP contribution in [0.1, 0.15) is 20.7 Å². The molecule has 0 bridgehead atoms. The Morgan fingerprint density at radius 2 is 1.88 bits per heavy atom. The molecule has 2 heterocycles. The second-order valence-corrected chi connectivity index (χ2v) is 7.75. The number of amides is 2. The van der Waals surface area contributed by atoms with Gasteiger partial charge in [0, 0.05) is 43.3 Å². The van der Waals surface area contributed by atoms with Crippen molar-refractivity contribution in [3.05, 3.63) is 69.9 Å². The van der Waals surface area contributed by atoms with E-state index in [4.69, 9.17) is 16.2 Å². The number of hydrogen-bond donors (Lipinski definition) is 3. The Morgan fingerprint density at radius 3 is 2.56 bits per heavy atom. The fourth-order valence-electron chi connectivity index (χ4n) is 3.65. The van der Waals surface area contributed by atoms with Crippen LogP contribution in [0.3, 0.4) is 0 Å². The number of halogens is 1. The zero-order valence-electron chi connectivity index (χ0n) is 18.4. The molecule has 3 aromatic rings. The highest BCUT2D eigenvalue weighted by molar-refractivity contribution is 6.00. The standard InChI is InChI=1S/C23H23FN6O4/c1-29-12-18(15-3-2-4-16(19(15)24)20(26)31)28-21(23(29)33)27-13-5-6-14(17(25)11-13)22(32)30-7-9-34-10-8-30/h2-6,11-12H,7-10,25H2,1H3,(H2,26,31)(H,27,28). The van der Waals surface area contributed by atoms with Gasteiger partial charge in [-0.05, 0) is 30.3 Å². The van der Waals surface area contributed by atoms with Crippen molar-refractivity contribution < 1.29 is 18.7 Å². The number of nitrogens with one attached hydrogen (secondary N) is 1. The SMILES string of the molecule is Cn1cc(-c2cccc(C(N)=O)c2F)nc(Nc2ccc(C(=O)N3CCOCC3)c(N)c2)c1=O. The predicted molar refractivity (Wildman–Crippen MR) is 124 cm³/mol. The predicted octanol–water partition coefficient (Wildman–Crippen LogP) is 1.48. The van der Waals surface area contributed by atoms with Crippen molar-refractivity contribution in [3.63, 3.8) is 0 Å². The molecule has 2 aromatic carbocycles. The summed E-state index contributed by atoms with van der Waals surface area (Å²) in [7, 11) is 1.49. The average molecular weight is 466 g/mol. The van der Waals surface area contributed by atoms with E-state index in [1.165, 1.54) is 42.1 Å². The van der Waals surface area contributed by atoms with Gasteiger partial charge in [-0.1, -0.05) is 6.07 Å². The lowest BCUT2D eigenvalue weighted by Gasteiger charge is -2.27. The second kappa shape index (κ2) is 9.32. The van der Waals surface area contributed by atoms with Crippen LogP contribution in [-0.2, 0) is 11.8 Å². The van der Waals surface area contributed by atoms with E-state index in [1.54, 1.807) is 17.0 Å². The molecule has 34 heavy (non-hydrogen) atoms. The van der Waals surface area contributed by atoms with E-state index in [0.717, 1.165) is 0 Å². The third-order valence-corrected chi connectivity index (χ3v) is 5.45. The first-order chi connectivity index (χ1) is 16.3. The molecule has 2 amide bonds. The lowest BCUT2D eigenvalue weighted by Crippen LogP contribution is -2.40. The van der Waals surface area contributed by atoms with E-state index in [-0.39, 0.29) is 34.2 Å². The number of carbonyl (C=O) groups excluding carboxylic acids is 2. The van der Waals surface area contributed by atoms with E-state index in [2.05, 4.69) is 10.3 Å². The van der Waals surface area contributed by atoms with Gasteiger partial charge in [0.05, 0.1) is 30.0 Å². The monoisotopic (exact) mass is 466 g/mol. The van der Waals surface area contributed by atoms with Gasteiger partial charge in [0.15, 0.2) is 5.82 Å². The largest absolute Gasteiger partial charge is 0.398 e. The van der Waals surface area contributed by atoms with Crippen molar-refractivity contribution >= 4 is 29.0 Å². The number of nitrogens with zero attached hydrogens (tertiary/aromatic N) is 3. The quantitative estimate of drug-likeness (QED) is 0.483. The normalized spacial score (nSPS) is 13.5. The molecule has 0 radical (unpaired) electrons. The third-order valence-electron chi connectivity index (χ3n) is 5.45. The Balaban J connectivity index is 1.65. The highest BCUT2D eigenvalue weighted by atomic mass is 19.1. The van der Waals surface area contributed by atoms with Crippen LogP contribution in [0.4, 0.5) is 21.6 Å². The van der Waals surface area contributed by atoms with E-state index < -0.39 is 17.3 Å². The fraction of sp³-hybridized carbons (Fsp3) is 0.217. The lowest BCUT2D eigenvalue weighted by molar-refractivity contribution is 0.0303. The number of anilines is 3. The number of carbonyl (C=O) groups is 2. The van der Waals surface area contributed by atoms with E-state index >= 15 is 0 Å². The smallest absolute Gasteiger partial charge is 0.293 e. The Labute approximate surface area is 193 Å². The van der Waals surface area contributed by atoms with Crippen molar-refractivity contribution in [1.29, 1.82) is 0 Å². The zero-order chi connectivity index (χ0) is 24.4. The van der Waals surface area contributed by atoms with Crippen molar-refractivity contribution in [2.24, 2.45) is 12.8 Å². The molecule has 0 aliphatic carbocycles. The first-order valence-corrected chi connectivity index (χ1v) is 10.5. The molecule has 1 aromatic heterocycles. The summed E-state index contributed by atoms with van der Waals surface area (Å²) < 4.78 is 21.3. The minimum absolute atomic E-state index is 0.0147. The van der Waals surface area contributed by atoms with Crippen molar-refractivity contribution in [3.8, 4) is 11.3 Å². The summed E-state index contributed by atoms with van der Waals surface area (Å²) in [6, 6.07) is 8.87. The molecule has 5 N–H and O–H groups in total. The van der Waals surface area contributed by atoms with E-state index in [1.807, 2.05) is 0 Å². The first kappa shape index (κ1) is 22.9. The van der Waals surface area contributed by atoms with Crippen LogP contribution in [-0.4, -0.2) is 52.6 Å². The van der Waals surface area contributed by atoms with Crippen LogP contribution >= 0.6 is 0 Å². The lowest BCUT2D eigenvalue weighted by atomic mass is 10.1. The molecule has 1 saturated heterocycles. The summed E-state index contributed by atoms with van der Waals surface area (Å²) >= 11 is 0. The number of ether oxygens (including phenoxy) is 1. The summed E-state index contributed by atoms with van der Waals surface area (Å²) in [6.07, 6.45) is 1.36. The maximum absolute atomic E-state index is 14.8. The van der Waals surface area contributed by atoms with Gasteiger partial charge in [0.25, 0.3) is 17.4 Å². The molecule has 10 nitrogen and oxygen atoms in total. The number of nitrogens with two attached hydrogens (primary N) is 2. The fourth-order valence-corrected chi connectivity index (χ4v) is 3.65. The Morgan fingerprint density at radius 1 is 1.15 bits per heavy atom. The molecule has 1 aliphatic heterocycles. The topological polar surface area (TPSA) is 146 Å². The van der Waals surface area contributed by atoms with Gasteiger partial charge >= 0.3 is 0 Å². The zero-order valence-corrected chi connectivity index (χ0v) is 18.4. The van der Waals surface area contributed by atoms with Gasteiger partial charge in [-0.3, -0.25) is 14.4 Å². The molecule has 1 aliphatic rings. The van der Waals surface area contributed by atoms with Crippen LogP contribution in [0.5, 0.6) is 0 Å². The van der Waals surface area contributed by atoms with E-state index in [0.29, 0.717) is 37.6 Å². The van der Waals surface area contributed by atoms with Crippen molar-refractivity contribution in [1.82, 2.24) is 14.5 Å². The number of benzene rings is 2. The number of rotatable bonds is 5. The van der Waals surface area contributed by atoms with Crippen molar-refractivity contribution in [2.45, 2.75) is 0 Å². The molecular weight excluding hydrogens is 443 g/mol. The second-order valence-electron chi connectivity index (χ2n) is 7.75. The van der Waals surface area contributed by atoms with Crippen LogP contribution in [0.15, 0.2) is 47.4 Å². The summed E-state index contributed by atoms with van der Waals surface area (Å²) in [5, 5.41) is 2.88. The number of hydrogen-bond acceptors (Lipinski definition) is 7. The van der Waals surface area contributed by atoms with Crippen LogP contribution in [0, 0.1) is 5.82 Å². The summed E-state index contributed by atoms with van der Waals surface area (Å²) in [5.41, 5.74) is 11.7. The molecular formula is C23H23FN6O4. The molecule has 1 fully saturated rings. The molecule has 0 spiro atoms. The van der Waals surface area contributed by atoms with Crippen LogP contribution in [0.2, 0.25) is 0 Å². The van der Waals surface area contributed by atoms with Gasteiger partial charge < -0.3 is 31.0 Å². The Hall–Kier alpha value is -4.25. The van der Waals surface area contributed by atoms with Crippen LogP contribution in [0.25, 0.3) is 11.3 Å². The molecule has 176 valence electrons. The highest BCUT2D eigenvalue weighted by Gasteiger charge is 2.21. The summed E-state index contributed by atoms with van der Waals surface area (Å²) in [5.74, 6) is -2.03. The third kappa shape index (κ3) is 4.46. The van der Waals surface area contributed by atoms with Gasteiger partial charge in [-0.25, -0.2) is 9.37 Å². The van der Waals surface area contributed by atoms with Gasteiger partial charge in [-0.2, -0.15) is 0 Å². The molecule has 11 heteroatoms. The number of nitrogen functional groups attached to an aromatic ring is 1. The van der Waals surface area contributed by atoms with Gasteiger partial charge in [0.2, 0.25) is 0 Å². The van der Waals surface area contributed by atoms with Crippen LogP contribution < -0.4 is 22.3 Å². The van der Waals surface area contributed by atoms with Crippen molar-refractivity contribution in [2.75, 3.05) is 37.4 Å². The van der Waals surface area contributed by atoms with Gasteiger partial charge in [0.1, 0.15) is 5.82 Å². The summed E-state index contributed by atoms with van der Waals surface area (Å²) in [4.78, 5) is 42.8. The molecule has 0 saturated carbocycles.